The van der Waals surface area contributed by atoms with Crippen LogP contribution >= 0.6 is 0 Å². The molecule has 3 aromatic rings. The van der Waals surface area contributed by atoms with Gasteiger partial charge in [0.25, 0.3) is 5.91 Å². The molecule has 2 heterocycles. The maximum Gasteiger partial charge on any atom is 0.274 e. The van der Waals surface area contributed by atoms with Crippen LogP contribution in [0.1, 0.15) is 16.2 Å². The summed E-state index contributed by atoms with van der Waals surface area (Å²) in [5.74, 6) is -0.159. The lowest BCUT2D eigenvalue weighted by molar-refractivity contribution is 0.102. The van der Waals surface area contributed by atoms with Crippen molar-refractivity contribution in [2.24, 2.45) is 0 Å². The molecule has 1 N–H and O–H groups in total. The molecule has 5 heteroatoms. The number of hydrogen-bond acceptors (Lipinski definition) is 3. The van der Waals surface area contributed by atoms with Crippen molar-refractivity contribution in [1.29, 1.82) is 0 Å². The quantitative estimate of drug-likeness (QED) is 0.808. The second-order valence-electron chi connectivity index (χ2n) is 5.37. The molecule has 1 aromatic carbocycles. The summed E-state index contributed by atoms with van der Waals surface area (Å²) in [6, 6.07) is 13.4. The summed E-state index contributed by atoms with van der Waals surface area (Å²) in [7, 11) is 3.96. The highest BCUT2D eigenvalue weighted by Gasteiger charge is 2.16. The van der Waals surface area contributed by atoms with Crippen LogP contribution in [-0.2, 0) is 0 Å². The fraction of sp³-hybridized carbons (Fsp3) is 0.176. The molecule has 112 valence electrons. The van der Waals surface area contributed by atoms with Gasteiger partial charge >= 0.3 is 0 Å². The van der Waals surface area contributed by atoms with Gasteiger partial charge < -0.3 is 10.2 Å². The molecule has 0 fully saturated rings. The molecule has 0 atom stereocenters. The fourth-order valence-corrected chi connectivity index (χ4v) is 2.42. The van der Waals surface area contributed by atoms with Gasteiger partial charge in [0, 0.05) is 31.7 Å². The molecular weight excluding hydrogens is 276 g/mol. The number of benzene rings is 1. The number of carbonyl (C=O) groups is 1. The normalized spacial score (nSPS) is 10.7. The predicted octanol–water partition coefficient (Wildman–Crippen LogP) is 2.96. The lowest BCUT2D eigenvalue weighted by atomic mass is 10.2. The molecule has 0 radical (unpaired) electrons. The smallest absolute Gasteiger partial charge is 0.274 e. The first kappa shape index (κ1) is 14.1. The van der Waals surface area contributed by atoms with Gasteiger partial charge in [-0.3, -0.25) is 9.20 Å². The number of pyridine rings is 1. The van der Waals surface area contributed by atoms with Crippen LogP contribution in [0.15, 0.2) is 48.7 Å². The highest BCUT2D eigenvalue weighted by atomic mass is 16.2. The molecule has 2 aromatic heterocycles. The molecule has 1 amide bonds. The molecule has 0 aliphatic heterocycles. The van der Waals surface area contributed by atoms with Crippen molar-refractivity contribution in [3.63, 3.8) is 0 Å². The Morgan fingerprint density at radius 3 is 2.55 bits per heavy atom. The highest BCUT2D eigenvalue weighted by Crippen LogP contribution is 2.18. The van der Waals surface area contributed by atoms with E-state index in [1.807, 2.05) is 74.6 Å². The number of nitrogens with zero attached hydrogens (tertiary/aromatic N) is 3. The number of anilines is 2. The molecule has 3 rings (SSSR count). The third-order valence-electron chi connectivity index (χ3n) is 3.56. The predicted molar refractivity (Wildman–Crippen MR) is 88.7 cm³/mol. The molecule has 0 saturated carbocycles. The molecule has 0 saturated heterocycles. The molecular formula is C17H18N4O. The zero-order valence-corrected chi connectivity index (χ0v) is 12.9. The minimum Gasteiger partial charge on any atom is -0.378 e. The zero-order valence-electron chi connectivity index (χ0n) is 12.9. The van der Waals surface area contributed by atoms with Crippen molar-refractivity contribution in [3.05, 3.63) is 60.0 Å². The van der Waals surface area contributed by atoms with E-state index in [0.717, 1.165) is 17.0 Å². The van der Waals surface area contributed by atoms with E-state index >= 15 is 0 Å². The number of rotatable bonds is 3. The second-order valence-corrected chi connectivity index (χ2v) is 5.37. The van der Waals surface area contributed by atoms with E-state index in [1.165, 1.54) is 0 Å². The number of aromatic nitrogens is 2. The fourth-order valence-electron chi connectivity index (χ4n) is 2.42. The Labute approximate surface area is 129 Å². The number of fused-ring (bicyclic) bond motifs is 1. The van der Waals surface area contributed by atoms with Gasteiger partial charge in [0.05, 0.1) is 5.69 Å². The number of hydrogen-bond donors (Lipinski definition) is 1. The van der Waals surface area contributed by atoms with Gasteiger partial charge in [-0.1, -0.05) is 6.07 Å². The highest BCUT2D eigenvalue weighted by molar-refractivity contribution is 6.04. The second kappa shape index (κ2) is 5.52. The molecule has 0 aliphatic carbocycles. The summed E-state index contributed by atoms with van der Waals surface area (Å²) in [5.41, 5.74) is 3.90. The van der Waals surface area contributed by atoms with Crippen LogP contribution < -0.4 is 10.2 Å². The monoisotopic (exact) mass is 294 g/mol. The Bertz CT molecular complexity index is 818. The Hall–Kier alpha value is -2.82. The summed E-state index contributed by atoms with van der Waals surface area (Å²) in [6.45, 7) is 1.84. The maximum atomic E-state index is 12.5. The minimum atomic E-state index is -0.159. The summed E-state index contributed by atoms with van der Waals surface area (Å²) in [4.78, 5) is 19.0. The van der Waals surface area contributed by atoms with Crippen LogP contribution in [0, 0.1) is 6.92 Å². The van der Waals surface area contributed by atoms with Gasteiger partial charge in [-0.15, -0.1) is 0 Å². The van der Waals surface area contributed by atoms with Crippen molar-refractivity contribution >= 4 is 22.9 Å². The Kier molecular flexibility index (Phi) is 3.55. The average Bonchev–Trinajstić information content (AvgIpc) is 2.83. The van der Waals surface area contributed by atoms with Crippen LogP contribution in [0.25, 0.3) is 5.65 Å². The lowest BCUT2D eigenvalue weighted by Crippen LogP contribution is -2.15. The number of imidazole rings is 1. The van der Waals surface area contributed by atoms with Crippen molar-refractivity contribution in [2.45, 2.75) is 6.92 Å². The molecule has 5 nitrogen and oxygen atoms in total. The molecule has 0 spiro atoms. The Morgan fingerprint density at radius 2 is 1.86 bits per heavy atom. The largest absolute Gasteiger partial charge is 0.378 e. The van der Waals surface area contributed by atoms with Crippen LogP contribution in [-0.4, -0.2) is 29.4 Å². The van der Waals surface area contributed by atoms with E-state index in [2.05, 4.69) is 10.3 Å². The van der Waals surface area contributed by atoms with E-state index < -0.39 is 0 Å². The third kappa shape index (κ3) is 2.53. The lowest BCUT2D eigenvalue weighted by Gasteiger charge is -2.13. The van der Waals surface area contributed by atoms with Crippen LogP contribution in [0.2, 0.25) is 0 Å². The van der Waals surface area contributed by atoms with Crippen molar-refractivity contribution in [1.82, 2.24) is 9.38 Å². The first-order valence-corrected chi connectivity index (χ1v) is 7.08. The average molecular weight is 294 g/mol. The van der Waals surface area contributed by atoms with Gasteiger partial charge in [0.15, 0.2) is 0 Å². The summed E-state index contributed by atoms with van der Waals surface area (Å²) >= 11 is 0. The Morgan fingerprint density at radius 1 is 1.14 bits per heavy atom. The van der Waals surface area contributed by atoms with Crippen molar-refractivity contribution < 1.29 is 4.79 Å². The summed E-state index contributed by atoms with van der Waals surface area (Å²) < 4.78 is 1.80. The number of amides is 1. The molecule has 0 unspecified atom stereocenters. The summed E-state index contributed by atoms with van der Waals surface area (Å²) in [5, 5.41) is 2.93. The first-order valence-electron chi connectivity index (χ1n) is 7.08. The third-order valence-corrected chi connectivity index (χ3v) is 3.56. The standard InChI is InChI=1S/C17H18N4O/c1-12-16(21-11-5-4-6-15(21)18-12)17(22)19-13-7-9-14(10-8-13)20(2)3/h4-11H,1-3H3,(H,19,22). The van der Waals surface area contributed by atoms with Gasteiger partial charge in [0.2, 0.25) is 0 Å². The van der Waals surface area contributed by atoms with E-state index in [4.69, 9.17) is 0 Å². The van der Waals surface area contributed by atoms with E-state index in [9.17, 15) is 4.79 Å². The van der Waals surface area contributed by atoms with Crippen LogP contribution in [0.5, 0.6) is 0 Å². The van der Waals surface area contributed by atoms with Crippen molar-refractivity contribution in [2.75, 3.05) is 24.3 Å². The molecule has 0 bridgehead atoms. The maximum absolute atomic E-state index is 12.5. The first-order chi connectivity index (χ1) is 10.6. The Balaban J connectivity index is 1.88. The topological polar surface area (TPSA) is 49.6 Å². The zero-order chi connectivity index (χ0) is 15.7. The van der Waals surface area contributed by atoms with Crippen molar-refractivity contribution in [3.8, 4) is 0 Å². The number of aryl methyl sites for hydroxylation is 1. The van der Waals surface area contributed by atoms with Crippen LogP contribution in [0.4, 0.5) is 11.4 Å². The van der Waals surface area contributed by atoms with Crippen LogP contribution in [0.3, 0.4) is 0 Å². The van der Waals surface area contributed by atoms with Gasteiger partial charge in [-0.05, 0) is 43.3 Å². The van der Waals surface area contributed by atoms with E-state index in [0.29, 0.717) is 11.4 Å². The number of nitrogens with one attached hydrogen (secondary N) is 1. The minimum absolute atomic E-state index is 0.159. The van der Waals surface area contributed by atoms with Gasteiger partial charge in [0.1, 0.15) is 11.3 Å². The van der Waals surface area contributed by atoms with Gasteiger partial charge in [-0.25, -0.2) is 4.98 Å². The van der Waals surface area contributed by atoms with E-state index in [1.54, 1.807) is 4.40 Å². The van der Waals surface area contributed by atoms with Gasteiger partial charge in [-0.2, -0.15) is 0 Å². The van der Waals surface area contributed by atoms with E-state index in [-0.39, 0.29) is 5.91 Å². The summed E-state index contributed by atoms with van der Waals surface area (Å²) in [6.07, 6.45) is 1.85. The molecule has 0 aliphatic rings. The number of carbonyl (C=O) groups excluding carboxylic acids is 1. The molecule has 22 heavy (non-hydrogen) atoms. The SMILES string of the molecule is Cc1nc2ccccn2c1C(=O)Nc1ccc(N(C)C)cc1.